The zero-order valence-electron chi connectivity index (χ0n) is 11.8. The minimum atomic E-state index is -0.443. The summed E-state index contributed by atoms with van der Waals surface area (Å²) in [5.74, 6) is -0.391. The third-order valence-corrected chi connectivity index (χ3v) is 3.88. The van der Waals surface area contributed by atoms with Gasteiger partial charge in [-0.25, -0.2) is 0 Å². The molecule has 21 heavy (non-hydrogen) atoms. The van der Waals surface area contributed by atoms with E-state index in [1.54, 1.807) is 0 Å². The van der Waals surface area contributed by atoms with Crippen LogP contribution < -0.4 is 4.90 Å². The van der Waals surface area contributed by atoms with Crippen molar-refractivity contribution in [2.45, 2.75) is 5.92 Å². The highest BCUT2D eigenvalue weighted by atomic mass is 16.6. The van der Waals surface area contributed by atoms with Crippen LogP contribution in [0.1, 0.15) is 17.0 Å². The fourth-order valence-electron chi connectivity index (χ4n) is 2.95. The van der Waals surface area contributed by atoms with Gasteiger partial charge in [-0.2, -0.15) is 0 Å². The molecule has 1 aliphatic heterocycles. The Kier molecular flexibility index (Phi) is 3.73. The van der Waals surface area contributed by atoms with Crippen molar-refractivity contribution in [1.29, 1.82) is 0 Å². The number of ether oxygens (including phenoxy) is 1. The topological polar surface area (TPSA) is 49.8 Å². The molecule has 0 atom stereocenters. The lowest BCUT2D eigenvalue weighted by Gasteiger charge is -2.34. The van der Waals surface area contributed by atoms with Gasteiger partial charge in [-0.3, -0.25) is 4.79 Å². The number of aliphatic hydroxyl groups is 1. The van der Waals surface area contributed by atoms with E-state index in [4.69, 9.17) is 9.84 Å². The van der Waals surface area contributed by atoms with Gasteiger partial charge in [-0.15, -0.1) is 0 Å². The predicted octanol–water partition coefficient (Wildman–Crippen LogP) is 2.44. The molecule has 0 radical (unpaired) electrons. The number of Topliss-reactive ketones (excluding diaryl/α,β-unsaturated/α-hetero) is 1. The Labute approximate surface area is 123 Å². The van der Waals surface area contributed by atoms with E-state index in [0.29, 0.717) is 0 Å². The molecule has 0 saturated heterocycles. The molecule has 0 bridgehead atoms. The number of hydrogen-bond donors (Lipinski definition) is 1. The van der Waals surface area contributed by atoms with E-state index in [0.717, 1.165) is 22.5 Å². The lowest BCUT2D eigenvalue weighted by atomic mass is 9.82. The molecule has 1 N–H and O–H groups in total. The maximum atomic E-state index is 12.5. The van der Waals surface area contributed by atoms with Crippen LogP contribution in [0.15, 0.2) is 48.5 Å². The van der Waals surface area contributed by atoms with E-state index in [1.165, 1.54) is 0 Å². The Morgan fingerprint density at radius 2 is 1.62 bits per heavy atom. The minimum Gasteiger partial charge on any atom is -0.371 e. The number of rotatable bonds is 4. The van der Waals surface area contributed by atoms with E-state index in [9.17, 15) is 4.79 Å². The van der Waals surface area contributed by atoms with Crippen LogP contribution >= 0.6 is 0 Å². The molecular weight excluding hydrogens is 266 g/mol. The van der Waals surface area contributed by atoms with Crippen LogP contribution in [0.5, 0.6) is 0 Å². The molecule has 4 heteroatoms. The van der Waals surface area contributed by atoms with Gasteiger partial charge in [-0.1, -0.05) is 36.4 Å². The quantitative estimate of drug-likeness (QED) is 0.876. The zero-order valence-corrected chi connectivity index (χ0v) is 11.8. The van der Waals surface area contributed by atoms with Crippen LogP contribution in [-0.2, 0) is 9.53 Å². The van der Waals surface area contributed by atoms with E-state index < -0.39 is 6.79 Å². The molecule has 0 saturated carbocycles. The SMILES string of the molecule is CN1c2ccccc2C(C(=O)COCO)c2ccccc21. The maximum Gasteiger partial charge on any atom is 0.170 e. The summed E-state index contributed by atoms with van der Waals surface area (Å²) < 4.78 is 4.90. The number of anilines is 2. The first-order valence-electron chi connectivity index (χ1n) is 6.87. The van der Waals surface area contributed by atoms with Crippen LogP contribution in [0.2, 0.25) is 0 Å². The van der Waals surface area contributed by atoms with Crippen LogP contribution in [0.4, 0.5) is 11.4 Å². The fraction of sp³-hybridized carbons (Fsp3) is 0.235. The molecule has 1 aliphatic rings. The molecule has 0 fully saturated rings. The summed E-state index contributed by atoms with van der Waals surface area (Å²) in [6, 6.07) is 15.8. The van der Waals surface area contributed by atoms with E-state index in [2.05, 4.69) is 4.90 Å². The normalized spacial score (nSPS) is 13.7. The van der Waals surface area contributed by atoms with Gasteiger partial charge in [0.05, 0.1) is 5.92 Å². The van der Waals surface area contributed by atoms with Crippen LogP contribution in [-0.4, -0.2) is 31.3 Å². The molecule has 3 rings (SSSR count). The second-order valence-electron chi connectivity index (χ2n) is 5.05. The average molecular weight is 283 g/mol. The number of ketones is 1. The van der Waals surface area contributed by atoms with Gasteiger partial charge in [0.1, 0.15) is 13.4 Å². The third-order valence-electron chi connectivity index (χ3n) is 3.88. The lowest BCUT2D eigenvalue weighted by Crippen LogP contribution is -2.28. The summed E-state index contributed by atoms with van der Waals surface area (Å²) in [6.07, 6.45) is 0. The molecule has 2 aromatic carbocycles. The van der Waals surface area contributed by atoms with Crippen LogP contribution in [0, 0.1) is 0 Å². The van der Waals surface area contributed by atoms with E-state index >= 15 is 0 Å². The Bertz CT molecular complexity index is 621. The summed E-state index contributed by atoms with van der Waals surface area (Å²) in [4.78, 5) is 14.6. The number of para-hydroxylation sites is 2. The van der Waals surface area contributed by atoms with Crippen molar-refractivity contribution >= 4 is 17.2 Å². The molecule has 0 aromatic heterocycles. The summed E-state index contributed by atoms with van der Waals surface area (Å²) in [5, 5.41) is 8.76. The number of fused-ring (bicyclic) bond motifs is 2. The second-order valence-corrected chi connectivity index (χ2v) is 5.05. The first-order chi connectivity index (χ1) is 10.2. The Balaban J connectivity index is 2.11. The average Bonchev–Trinajstić information content (AvgIpc) is 2.53. The summed E-state index contributed by atoms with van der Waals surface area (Å²) >= 11 is 0. The van der Waals surface area contributed by atoms with Crippen molar-refractivity contribution in [3.63, 3.8) is 0 Å². The number of carbonyl (C=O) groups is 1. The highest BCUT2D eigenvalue weighted by Crippen LogP contribution is 2.44. The number of aliphatic hydroxyl groups excluding tert-OH is 1. The van der Waals surface area contributed by atoms with Crippen molar-refractivity contribution < 1.29 is 14.6 Å². The number of carbonyl (C=O) groups excluding carboxylic acids is 1. The Hall–Kier alpha value is -2.17. The van der Waals surface area contributed by atoms with Gasteiger partial charge in [0.15, 0.2) is 5.78 Å². The number of nitrogens with zero attached hydrogens (tertiary/aromatic N) is 1. The molecule has 0 aliphatic carbocycles. The van der Waals surface area contributed by atoms with Crippen molar-refractivity contribution in [3.8, 4) is 0 Å². The molecule has 0 unspecified atom stereocenters. The molecule has 2 aromatic rings. The molecule has 0 spiro atoms. The largest absolute Gasteiger partial charge is 0.371 e. The van der Waals surface area contributed by atoms with E-state index in [1.807, 2.05) is 55.6 Å². The molecule has 4 nitrogen and oxygen atoms in total. The predicted molar refractivity (Wildman–Crippen MR) is 80.8 cm³/mol. The summed E-state index contributed by atoms with van der Waals surface area (Å²) in [5.41, 5.74) is 4.01. The lowest BCUT2D eigenvalue weighted by molar-refractivity contribution is -0.127. The third kappa shape index (κ3) is 2.33. The standard InChI is InChI=1S/C17H17NO3/c1-18-14-8-4-2-6-12(14)17(16(20)10-21-11-19)13-7-3-5-9-15(13)18/h2-9,17,19H,10-11H2,1H3. The molecular formula is C17H17NO3. The van der Waals surface area contributed by atoms with Gasteiger partial charge in [0.2, 0.25) is 0 Å². The summed E-state index contributed by atoms with van der Waals surface area (Å²) in [6.45, 7) is -0.533. The van der Waals surface area contributed by atoms with Gasteiger partial charge >= 0.3 is 0 Å². The maximum absolute atomic E-state index is 12.5. The van der Waals surface area contributed by atoms with Crippen LogP contribution in [0.3, 0.4) is 0 Å². The second kappa shape index (κ2) is 5.68. The first kappa shape index (κ1) is 13.8. The van der Waals surface area contributed by atoms with Crippen molar-refractivity contribution in [3.05, 3.63) is 59.7 Å². The summed E-state index contributed by atoms with van der Waals surface area (Å²) in [7, 11) is 2.00. The van der Waals surface area contributed by atoms with Crippen LogP contribution in [0.25, 0.3) is 0 Å². The Morgan fingerprint density at radius 1 is 1.10 bits per heavy atom. The number of benzene rings is 2. The van der Waals surface area contributed by atoms with Crippen molar-refractivity contribution in [1.82, 2.24) is 0 Å². The smallest absolute Gasteiger partial charge is 0.170 e. The van der Waals surface area contributed by atoms with Crippen molar-refractivity contribution in [2.75, 3.05) is 25.3 Å². The minimum absolute atomic E-state index is 0.0444. The first-order valence-corrected chi connectivity index (χ1v) is 6.87. The van der Waals surface area contributed by atoms with E-state index in [-0.39, 0.29) is 18.3 Å². The Morgan fingerprint density at radius 3 is 2.14 bits per heavy atom. The van der Waals surface area contributed by atoms with Gasteiger partial charge in [0, 0.05) is 18.4 Å². The molecule has 0 amide bonds. The van der Waals surface area contributed by atoms with Gasteiger partial charge < -0.3 is 14.7 Å². The van der Waals surface area contributed by atoms with Gasteiger partial charge in [-0.05, 0) is 23.3 Å². The van der Waals surface area contributed by atoms with Gasteiger partial charge in [0.25, 0.3) is 0 Å². The highest BCUT2D eigenvalue weighted by Gasteiger charge is 2.32. The zero-order chi connectivity index (χ0) is 14.8. The highest BCUT2D eigenvalue weighted by molar-refractivity contribution is 5.96. The van der Waals surface area contributed by atoms with Crippen molar-refractivity contribution in [2.24, 2.45) is 0 Å². The monoisotopic (exact) mass is 283 g/mol. The molecule has 108 valence electrons. The fourth-order valence-corrected chi connectivity index (χ4v) is 2.95. The molecule has 1 heterocycles. The number of hydrogen-bond acceptors (Lipinski definition) is 4.